The van der Waals surface area contributed by atoms with E-state index in [9.17, 15) is 10.2 Å². The van der Waals surface area contributed by atoms with Crippen LogP contribution in [0.25, 0.3) is 0 Å². The van der Waals surface area contributed by atoms with Crippen LogP contribution in [0, 0.1) is 0 Å². The third kappa shape index (κ3) is 1.75. The van der Waals surface area contributed by atoms with Crippen molar-refractivity contribution in [1.29, 1.82) is 0 Å². The molecule has 84 valence electrons. The lowest BCUT2D eigenvalue weighted by Crippen LogP contribution is -2.37. The maximum Gasteiger partial charge on any atom is 0.118 e. The predicted octanol–water partition coefficient (Wildman–Crippen LogP) is 1.23. The smallest absolute Gasteiger partial charge is 0.118 e. The van der Waals surface area contributed by atoms with Gasteiger partial charge >= 0.3 is 0 Å². The van der Waals surface area contributed by atoms with Crippen LogP contribution in [0.3, 0.4) is 0 Å². The van der Waals surface area contributed by atoms with Crippen molar-refractivity contribution in [3.63, 3.8) is 0 Å². The van der Waals surface area contributed by atoms with Gasteiger partial charge in [-0.3, -0.25) is 0 Å². The summed E-state index contributed by atoms with van der Waals surface area (Å²) < 4.78 is 0. The van der Waals surface area contributed by atoms with Gasteiger partial charge in [-0.05, 0) is 23.8 Å². The number of phenolic OH excluding ortho intramolecular Hbond substituents is 1. The van der Waals surface area contributed by atoms with Crippen LogP contribution in [0.2, 0.25) is 0 Å². The second-order valence-corrected chi connectivity index (χ2v) is 4.00. The van der Waals surface area contributed by atoms with Gasteiger partial charge < -0.3 is 21.7 Å². The number of hydrogen-bond donors (Lipinski definition) is 4. The van der Waals surface area contributed by atoms with Crippen LogP contribution < -0.4 is 11.5 Å². The monoisotopic (exact) mass is 218 g/mol. The van der Waals surface area contributed by atoms with Crippen LogP contribution >= 0.6 is 0 Å². The third-order valence-corrected chi connectivity index (χ3v) is 2.74. The summed E-state index contributed by atoms with van der Waals surface area (Å²) in [5, 5.41) is 19.0. The molecule has 0 aromatic heterocycles. The van der Waals surface area contributed by atoms with Crippen LogP contribution in [0.5, 0.6) is 5.75 Å². The van der Waals surface area contributed by atoms with Crippen molar-refractivity contribution >= 4 is 0 Å². The molecule has 2 rings (SSSR count). The van der Waals surface area contributed by atoms with Crippen molar-refractivity contribution < 1.29 is 10.2 Å². The molecular formula is C12H14N2O2. The Hall–Kier alpha value is -1.94. The summed E-state index contributed by atoms with van der Waals surface area (Å²) in [6.45, 7) is 0. The standard InChI is InChI=1S/C12H14N2O2/c13-10-4-5-12(14,7-11(10)16)8-2-1-3-9(15)6-8/h1-6,15-16H,7,13-14H2. The lowest BCUT2D eigenvalue weighted by atomic mass is 9.83. The molecule has 4 heteroatoms. The molecule has 0 heterocycles. The van der Waals surface area contributed by atoms with Gasteiger partial charge in [-0.2, -0.15) is 0 Å². The number of nitrogens with two attached hydrogens (primary N) is 2. The molecule has 1 aromatic carbocycles. The Morgan fingerprint density at radius 2 is 2.00 bits per heavy atom. The number of allylic oxidation sites excluding steroid dienone is 1. The molecule has 1 atom stereocenters. The van der Waals surface area contributed by atoms with Crippen molar-refractivity contribution in [3.8, 4) is 5.75 Å². The minimum atomic E-state index is -0.814. The Balaban J connectivity index is 2.39. The van der Waals surface area contributed by atoms with Gasteiger partial charge in [0.25, 0.3) is 0 Å². The van der Waals surface area contributed by atoms with E-state index in [1.165, 1.54) is 0 Å². The Morgan fingerprint density at radius 3 is 2.62 bits per heavy atom. The average molecular weight is 218 g/mol. The fourth-order valence-corrected chi connectivity index (χ4v) is 1.77. The van der Waals surface area contributed by atoms with E-state index in [1.807, 2.05) is 0 Å². The van der Waals surface area contributed by atoms with Crippen LogP contribution in [-0.4, -0.2) is 10.2 Å². The first kappa shape index (κ1) is 10.6. The maximum atomic E-state index is 9.60. The molecule has 0 radical (unpaired) electrons. The summed E-state index contributed by atoms with van der Waals surface area (Å²) in [6, 6.07) is 6.67. The fraction of sp³-hybridized carbons (Fsp3) is 0.167. The molecule has 0 aliphatic heterocycles. The Bertz CT molecular complexity index is 480. The number of phenols is 1. The SMILES string of the molecule is NC1=C(O)CC(N)(c2cccc(O)c2)C=C1. The van der Waals surface area contributed by atoms with Gasteiger partial charge in [0.05, 0.1) is 11.2 Å². The summed E-state index contributed by atoms with van der Waals surface area (Å²) in [5.74, 6) is 0.228. The van der Waals surface area contributed by atoms with Crippen molar-refractivity contribution in [1.82, 2.24) is 0 Å². The average Bonchev–Trinajstić information content (AvgIpc) is 2.24. The fourth-order valence-electron chi connectivity index (χ4n) is 1.77. The van der Waals surface area contributed by atoms with E-state index < -0.39 is 5.54 Å². The third-order valence-electron chi connectivity index (χ3n) is 2.74. The molecule has 1 aliphatic rings. The van der Waals surface area contributed by atoms with Gasteiger partial charge in [-0.15, -0.1) is 0 Å². The zero-order valence-corrected chi connectivity index (χ0v) is 8.72. The van der Waals surface area contributed by atoms with Gasteiger partial charge in [0.2, 0.25) is 0 Å². The number of aliphatic hydroxyl groups excluding tert-OH is 1. The molecule has 0 amide bonds. The summed E-state index contributed by atoms with van der Waals surface area (Å²) in [6.07, 6.45) is 3.55. The quantitative estimate of drug-likeness (QED) is 0.570. The van der Waals surface area contributed by atoms with E-state index >= 15 is 0 Å². The van der Waals surface area contributed by atoms with Crippen LogP contribution in [-0.2, 0) is 5.54 Å². The first-order chi connectivity index (χ1) is 7.51. The molecule has 0 bridgehead atoms. The number of benzene rings is 1. The first-order valence-corrected chi connectivity index (χ1v) is 4.96. The van der Waals surface area contributed by atoms with Crippen molar-refractivity contribution in [3.05, 3.63) is 53.4 Å². The molecule has 6 N–H and O–H groups in total. The molecule has 1 aliphatic carbocycles. The van der Waals surface area contributed by atoms with Crippen LogP contribution in [0.1, 0.15) is 12.0 Å². The molecule has 1 unspecified atom stereocenters. The molecule has 4 nitrogen and oxygen atoms in total. The lowest BCUT2D eigenvalue weighted by Gasteiger charge is -2.29. The molecule has 0 saturated heterocycles. The largest absolute Gasteiger partial charge is 0.510 e. The highest BCUT2D eigenvalue weighted by Crippen LogP contribution is 2.32. The Labute approximate surface area is 93.5 Å². The molecular weight excluding hydrogens is 204 g/mol. The van der Waals surface area contributed by atoms with Crippen LogP contribution in [0.15, 0.2) is 47.9 Å². The van der Waals surface area contributed by atoms with Crippen molar-refractivity contribution in [2.45, 2.75) is 12.0 Å². The normalized spacial score (nSPS) is 24.8. The zero-order chi connectivity index (χ0) is 11.8. The lowest BCUT2D eigenvalue weighted by molar-refractivity contribution is 0.340. The van der Waals surface area contributed by atoms with E-state index in [2.05, 4.69) is 0 Å². The highest BCUT2D eigenvalue weighted by atomic mass is 16.3. The van der Waals surface area contributed by atoms with Crippen molar-refractivity contribution in [2.24, 2.45) is 11.5 Å². The van der Waals surface area contributed by atoms with Gasteiger partial charge in [0, 0.05) is 6.42 Å². The van der Waals surface area contributed by atoms with Gasteiger partial charge in [0.1, 0.15) is 11.5 Å². The Kier molecular flexibility index (Phi) is 2.36. The van der Waals surface area contributed by atoms with Gasteiger partial charge in [0.15, 0.2) is 0 Å². The minimum absolute atomic E-state index is 0.0772. The van der Waals surface area contributed by atoms with E-state index in [0.717, 1.165) is 5.56 Å². The summed E-state index contributed by atoms with van der Waals surface area (Å²) in [4.78, 5) is 0. The predicted molar refractivity (Wildman–Crippen MR) is 61.6 cm³/mol. The molecule has 16 heavy (non-hydrogen) atoms. The number of rotatable bonds is 1. The summed E-state index contributed by atoms with van der Waals surface area (Å²) in [7, 11) is 0. The summed E-state index contributed by atoms with van der Waals surface area (Å²) >= 11 is 0. The highest BCUT2D eigenvalue weighted by Gasteiger charge is 2.29. The zero-order valence-electron chi connectivity index (χ0n) is 8.72. The second kappa shape index (κ2) is 3.57. The van der Waals surface area contributed by atoms with E-state index in [0.29, 0.717) is 5.70 Å². The maximum absolute atomic E-state index is 9.60. The number of hydrogen-bond acceptors (Lipinski definition) is 4. The van der Waals surface area contributed by atoms with Gasteiger partial charge in [-0.1, -0.05) is 18.2 Å². The molecule has 0 fully saturated rings. The molecule has 0 spiro atoms. The van der Waals surface area contributed by atoms with Crippen molar-refractivity contribution in [2.75, 3.05) is 0 Å². The van der Waals surface area contributed by atoms with E-state index in [4.69, 9.17) is 11.5 Å². The second-order valence-electron chi connectivity index (χ2n) is 4.00. The van der Waals surface area contributed by atoms with Gasteiger partial charge in [-0.25, -0.2) is 0 Å². The van der Waals surface area contributed by atoms with Crippen LogP contribution in [0.4, 0.5) is 0 Å². The number of aliphatic hydroxyl groups is 1. The number of aromatic hydroxyl groups is 1. The summed E-state index contributed by atoms with van der Waals surface area (Å²) in [5.41, 5.74) is 12.0. The van der Waals surface area contributed by atoms with E-state index in [-0.39, 0.29) is 17.9 Å². The molecule has 1 aromatic rings. The highest BCUT2D eigenvalue weighted by molar-refractivity contribution is 5.40. The minimum Gasteiger partial charge on any atom is -0.510 e. The first-order valence-electron chi connectivity index (χ1n) is 4.96. The topological polar surface area (TPSA) is 92.5 Å². The Morgan fingerprint density at radius 1 is 1.25 bits per heavy atom. The van der Waals surface area contributed by atoms with E-state index in [1.54, 1.807) is 36.4 Å². The molecule has 0 saturated carbocycles.